The van der Waals surface area contributed by atoms with Crippen molar-refractivity contribution in [2.45, 2.75) is 37.0 Å². The van der Waals surface area contributed by atoms with E-state index in [1.54, 1.807) is 37.3 Å². The van der Waals surface area contributed by atoms with Gasteiger partial charge in [-0.25, -0.2) is 9.37 Å². The number of aromatic nitrogens is 3. The van der Waals surface area contributed by atoms with Gasteiger partial charge in [0.2, 0.25) is 0 Å². The molecule has 7 nitrogen and oxygen atoms in total. The maximum absolute atomic E-state index is 15.4. The SMILES string of the molecule is COc1ccc2nccc(C(F)CCC3CCN(CCSc4nccn4C)CC3CC(=O)O)c2c1. The van der Waals surface area contributed by atoms with Gasteiger partial charge in [0.25, 0.3) is 0 Å². The number of methoxy groups -OCH3 is 1. The Morgan fingerprint density at radius 3 is 2.89 bits per heavy atom. The summed E-state index contributed by atoms with van der Waals surface area (Å²) in [5.41, 5.74) is 1.36. The minimum absolute atomic E-state index is 0.0286. The fraction of sp³-hybridized carbons (Fsp3) is 0.500. The molecule has 1 fully saturated rings. The summed E-state index contributed by atoms with van der Waals surface area (Å²) in [4.78, 5) is 22.6. The van der Waals surface area contributed by atoms with Gasteiger partial charge in [-0.2, -0.15) is 0 Å². The minimum atomic E-state index is -1.13. The van der Waals surface area contributed by atoms with E-state index in [9.17, 15) is 9.90 Å². The van der Waals surface area contributed by atoms with Gasteiger partial charge in [0.1, 0.15) is 11.9 Å². The van der Waals surface area contributed by atoms with E-state index in [-0.39, 0.29) is 18.3 Å². The molecule has 0 bridgehead atoms. The second-order valence-corrected chi connectivity index (χ2v) is 10.3. The van der Waals surface area contributed by atoms with Crippen molar-refractivity contribution in [1.82, 2.24) is 19.4 Å². The van der Waals surface area contributed by atoms with Crippen molar-refractivity contribution in [1.29, 1.82) is 0 Å². The largest absolute Gasteiger partial charge is 0.497 e. The number of fused-ring (bicyclic) bond motifs is 1. The third-order valence-corrected chi connectivity index (χ3v) is 7.98. The number of hydrogen-bond acceptors (Lipinski definition) is 6. The number of nitrogens with zero attached hydrogens (tertiary/aromatic N) is 4. The van der Waals surface area contributed by atoms with Crippen LogP contribution in [0, 0.1) is 11.8 Å². The molecule has 9 heteroatoms. The van der Waals surface area contributed by atoms with Crippen LogP contribution in [-0.2, 0) is 11.8 Å². The lowest BCUT2D eigenvalue weighted by atomic mass is 9.79. The number of imidazole rings is 1. The van der Waals surface area contributed by atoms with Crippen LogP contribution in [0.5, 0.6) is 5.75 Å². The minimum Gasteiger partial charge on any atom is -0.497 e. The topological polar surface area (TPSA) is 80.5 Å². The first kappa shape index (κ1) is 25.4. The summed E-state index contributed by atoms with van der Waals surface area (Å²) < 4.78 is 22.8. The van der Waals surface area contributed by atoms with Crippen LogP contribution in [0.2, 0.25) is 0 Å². The number of alkyl halides is 1. The smallest absolute Gasteiger partial charge is 0.303 e. The van der Waals surface area contributed by atoms with Gasteiger partial charge in [-0.15, -0.1) is 0 Å². The first-order valence-electron chi connectivity index (χ1n) is 12.1. The number of benzene rings is 1. The van der Waals surface area contributed by atoms with Gasteiger partial charge in [0.05, 0.1) is 12.6 Å². The monoisotopic (exact) mass is 500 g/mol. The Labute approximate surface area is 209 Å². The Kier molecular flexibility index (Phi) is 8.62. The normalized spacial score (nSPS) is 19.6. The number of aryl methyl sites for hydroxylation is 1. The number of aliphatic carboxylic acids is 1. The molecule has 0 radical (unpaired) electrons. The highest BCUT2D eigenvalue weighted by atomic mass is 32.2. The summed E-state index contributed by atoms with van der Waals surface area (Å²) in [7, 11) is 3.57. The number of likely N-dealkylation sites (tertiary alicyclic amines) is 1. The second kappa shape index (κ2) is 11.9. The molecule has 1 aliphatic heterocycles. The number of carbonyl (C=O) groups is 1. The van der Waals surface area contributed by atoms with Crippen LogP contribution in [0.1, 0.15) is 37.4 Å². The van der Waals surface area contributed by atoms with Crippen molar-refractivity contribution in [3.8, 4) is 5.75 Å². The summed E-state index contributed by atoms with van der Waals surface area (Å²) in [6, 6.07) is 7.24. The van der Waals surface area contributed by atoms with Crippen LogP contribution in [0.25, 0.3) is 10.9 Å². The third kappa shape index (κ3) is 6.52. The Balaban J connectivity index is 1.35. The fourth-order valence-corrected chi connectivity index (χ4v) is 5.95. The van der Waals surface area contributed by atoms with Crippen molar-refractivity contribution in [3.05, 3.63) is 48.4 Å². The summed E-state index contributed by atoms with van der Waals surface area (Å²) >= 11 is 1.71. The Bertz CT molecular complexity index is 1140. The van der Waals surface area contributed by atoms with Gasteiger partial charge in [-0.05, 0) is 67.5 Å². The quantitative estimate of drug-likeness (QED) is 0.372. The van der Waals surface area contributed by atoms with Gasteiger partial charge < -0.3 is 19.3 Å². The predicted octanol–water partition coefficient (Wildman–Crippen LogP) is 4.97. The number of halogens is 1. The molecular weight excluding hydrogens is 467 g/mol. The van der Waals surface area contributed by atoms with Gasteiger partial charge in [0.15, 0.2) is 5.16 Å². The lowest BCUT2D eigenvalue weighted by Crippen LogP contribution is -2.42. The summed E-state index contributed by atoms with van der Waals surface area (Å²) in [5.74, 6) is 1.02. The molecule has 3 aromatic rings. The molecular formula is C26H33FN4O3S. The Morgan fingerprint density at radius 2 is 2.14 bits per heavy atom. The standard InChI is InChI=1S/C26H33FN4O3S/c1-30-12-10-29-26(30)35-14-13-31-11-8-18(19(17-31)15-25(32)33)3-5-23(27)21-7-9-28-24-6-4-20(34-2)16-22(21)24/h4,6-7,9-10,12,16,18-19,23H,3,5,8,11,13-15,17H2,1-2H3,(H,32,33). The molecule has 0 amide bonds. The third-order valence-electron chi connectivity index (χ3n) is 6.94. The zero-order chi connectivity index (χ0) is 24.8. The Hall–Kier alpha value is -2.65. The Morgan fingerprint density at radius 1 is 1.29 bits per heavy atom. The number of piperidine rings is 1. The molecule has 0 aliphatic carbocycles. The van der Waals surface area contributed by atoms with Crippen LogP contribution < -0.4 is 4.74 Å². The van der Waals surface area contributed by atoms with Crippen LogP contribution in [0.15, 0.2) is 48.0 Å². The number of thioether (sulfide) groups is 1. The predicted molar refractivity (Wildman–Crippen MR) is 136 cm³/mol. The molecule has 1 aliphatic rings. The van der Waals surface area contributed by atoms with Crippen molar-refractivity contribution < 1.29 is 19.0 Å². The molecule has 3 heterocycles. The van der Waals surface area contributed by atoms with Gasteiger partial charge >= 0.3 is 5.97 Å². The van der Waals surface area contributed by atoms with Crippen molar-refractivity contribution in [3.63, 3.8) is 0 Å². The molecule has 3 atom stereocenters. The highest BCUT2D eigenvalue weighted by Gasteiger charge is 2.31. The summed E-state index contributed by atoms with van der Waals surface area (Å²) in [6.45, 7) is 2.54. The average molecular weight is 501 g/mol. The molecule has 3 unspecified atom stereocenters. The van der Waals surface area contributed by atoms with Gasteiger partial charge in [0, 0.05) is 56.3 Å². The zero-order valence-corrected chi connectivity index (χ0v) is 21.1. The highest BCUT2D eigenvalue weighted by Crippen LogP contribution is 2.36. The molecule has 4 rings (SSSR count). The van der Waals surface area contributed by atoms with E-state index in [0.717, 1.165) is 47.9 Å². The zero-order valence-electron chi connectivity index (χ0n) is 20.3. The first-order valence-corrected chi connectivity index (χ1v) is 13.0. The van der Waals surface area contributed by atoms with E-state index < -0.39 is 12.1 Å². The van der Waals surface area contributed by atoms with Crippen LogP contribution in [-0.4, -0.2) is 63.0 Å². The molecule has 0 saturated carbocycles. The fourth-order valence-electron chi connectivity index (χ4n) is 5.01. The second-order valence-electron chi connectivity index (χ2n) is 9.20. The molecule has 188 valence electrons. The molecule has 1 aromatic carbocycles. The number of carboxylic acid groups (broad SMARTS) is 1. The summed E-state index contributed by atoms with van der Waals surface area (Å²) in [6.07, 6.45) is 6.29. The van der Waals surface area contributed by atoms with Crippen molar-refractivity contribution in [2.75, 3.05) is 32.5 Å². The average Bonchev–Trinajstić information content (AvgIpc) is 3.26. The van der Waals surface area contributed by atoms with Gasteiger partial charge in [-0.3, -0.25) is 9.78 Å². The summed E-state index contributed by atoms with van der Waals surface area (Å²) in [5, 5.41) is 11.2. The number of hydrogen-bond donors (Lipinski definition) is 1. The maximum Gasteiger partial charge on any atom is 0.303 e. The van der Waals surface area contributed by atoms with Crippen LogP contribution >= 0.6 is 11.8 Å². The van der Waals surface area contributed by atoms with E-state index >= 15 is 4.39 Å². The molecule has 1 saturated heterocycles. The number of ether oxygens (including phenoxy) is 1. The lowest BCUT2D eigenvalue weighted by Gasteiger charge is -2.38. The van der Waals surface area contributed by atoms with Crippen molar-refractivity contribution in [2.24, 2.45) is 18.9 Å². The number of rotatable bonds is 11. The van der Waals surface area contributed by atoms with E-state index in [4.69, 9.17) is 4.74 Å². The van der Waals surface area contributed by atoms with E-state index in [1.165, 1.54) is 0 Å². The number of pyridine rings is 1. The molecule has 1 N–H and O–H groups in total. The maximum atomic E-state index is 15.4. The van der Waals surface area contributed by atoms with E-state index in [1.807, 2.05) is 36.0 Å². The highest BCUT2D eigenvalue weighted by molar-refractivity contribution is 7.99. The van der Waals surface area contributed by atoms with Crippen LogP contribution in [0.4, 0.5) is 4.39 Å². The van der Waals surface area contributed by atoms with E-state index in [2.05, 4.69) is 14.9 Å². The van der Waals surface area contributed by atoms with Gasteiger partial charge in [-0.1, -0.05) is 11.8 Å². The molecule has 35 heavy (non-hydrogen) atoms. The molecule has 0 spiro atoms. The van der Waals surface area contributed by atoms with E-state index in [0.29, 0.717) is 24.2 Å². The lowest BCUT2D eigenvalue weighted by molar-refractivity contribution is -0.139. The number of carboxylic acids is 1. The first-order chi connectivity index (χ1) is 16.9. The van der Waals surface area contributed by atoms with Crippen LogP contribution in [0.3, 0.4) is 0 Å². The molecule has 2 aromatic heterocycles. The van der Waals surface area contributed by atoms with Crippen molar-refractivity contribution >= 4 is 28.6 Å².